The smallest absolute Gasteiger partial charge is 0.241 e. The first-order valence-corrected chi connectivity index (χ1v) is 5.02. The number of hydrogen-bond donors (Lipinski definition) is 2. The lowest BCUT2D eigenvalue weighted by atomic mass is 10.3. The van der Waals surface area contributed by atoms with Gasteiger partial charge in [0, 0.05) is 0 Å². The number of hydrogen-bond acceptors (Lipinski definition) is 4. The maximum Gasteiger partial charge on any atom is 0.241 e. The topological polar surface area (TPSA) is 68.0 Å². The Labute approximate surface area is 81.2 Å². The summed E-state index contributed by atoms with van der Waals surface area (Å²) in [5.74, 6) is -0.168. The minimum Gasteiger partial charge on any atom is -0.320 e. The number of carbonyl (C=O) groups is 1. The largest absolute Gasteiger partial charge is 0.320 e. The summed E-state index contributed by atoms with van der Waals surface area (Å²) in [5, 5.41) is 3.54. The summed E-state index contributed by atoms with van der Waals surface area (Å²) in [7, 11) is 0. The van der Waals surface area contributed by atoms with Crippen LogP contribution < -0.4 is 11.1 Å². The Morgan fingerprint density at radius 2 is 2.54 bits per heavy atom. The number of thiazole rings is 1. The Hall–Kier alpha value is -0.940. The zero-order valence-electron chi connectivity index (χ0n) is 7.70. The van der Waals surface area contributed by atoms with E-state index in [2.05, 4.69) is 10.3 Å². The third kappa shape index (κ3) is 2.50. The molecule has 0 aliphatic rings. The molecular formula is C8H13N3OS. The van der Waals surface area contributed by atoms with Crippen molar-refractivity contribution < 1.29 is 4.79 Å². The molecule has 0 aliphatic carbocycles. The van der Waals surface area contributed by atoms with Crippen molar-refractivity contribution >= 4 is 22.2 Å². The normalized spacial score (nSPS) is 12.5. The first-order valence-electron chi connectivity index (χ1n) is 4.14. The van der Waals surface area contributed by atoms with Crippen molar-refractivity contribution in [3.8, 4) is 0 Å². The van der Waals surface area contributed by atoms with Crippen LogP contribution in [0, 0.1) is 0 Å². The van der Waals surface area contributed by atoms with Crippen LogP contribution in [-0.4, -0.2) is 16.9 Å². The minimum absolute atomic E-state index is 0.168. The van der Waals surface area contributed by atoms with Crippen LogP contribution in [0.5, 0.6) is 0 Å². The van der Waals surface area contributed by atoms with Crippen LogP contribution in [0.1, 0.15) is 19.5 Å². The van der Waals surface area contributed by atoms with Crippen LogP contribution in [0.15, 0.2) is 5.51 Å². The number of anilines is 1. The highest BCUT2D eigenvalue weighted by Crippen LogP contribution is 2.20. The summed E-state index contributed by atoms with van der Waals surface area (Å²) in [4.78, 5) is 15.3. The SMILES string of the molecule is CCc1ncsc1NC(=O)C(C)N. The van der Waals surface area contributed by atoms with Gasteiger partial charge in [0.1, 0.15) is 5.00 Å². The summed E-state index contributed by atoms with van der Waals surface area (Å²) in [5.41, 5.74) is 8.05. The number of nitrogens with one attached hydrogen (secondary N) is 1. The van der Waals surface area contributed by atoms with Gasteiger partial charge in [-0.05, 0) is 13.3 Å². The van der Waals surface area contributed by atoms with Crippen LogP contribution in [0.3, 0.4) is 0 Å². The van der Waals surface area contributed by atoms with Crippen molar-refractivity contribution in [3.63, 3.8) is 0 Å². The second-order valence-corrected chi connectivity index (χ2v) is 3.61. The zero-order chi connectivity index (χ0) is 9.84. The number of aryl methyl sites for hydroxylation is 1. The van der Waals surface area contributed by atoms with Gasteiger partial charge < -0.3 is 11.1 Å². The van der Waals surface area contributed by atoms with Gasteiger partial charge in [-0.2, -0.15) is 0 Å². The number of rotatable bonds is 3. The Balaban J connectivity index is 2.68. The fourth-order valence-electron chi connectivity index (χ4n) is 0.849. The Morgan fingerprint density at radius 1 is 1.85 bits per heavy atom. The molecule has 0 saturated heterocycles. The number of amides is 1. The van der Waals surface area contributed by atoms with Crippen molar-refractivity contribution in [2.45, 2.75) is 26.3 Å². The van der Waals surface area contributed by atoms with Gasteiger partial charge in [0.15, 0.2) is 0 Å². The number of aromatic nitrogens is 1. The fraction of sp³-hybridized carbons (Fsp3) is 0.500. The Morgan fingerprint density at radius 3 is 3.08 bits per heavy atom. The number of nitrogens with two attached hydrogens (primary N) is 1. The van der Waals surface area contributed by atoms with E-state index in [4.69, 9.17) is 5.73 Å². The summed E-state index contributed by atoms with van der Waals surface area (Å²) in [6.45, 7) is 3.65. The third-order valence-electron chi connectivity index (χ3n) is 1.63. The maximum atomic E-state index is 11.2. The van der Waals surface area contributed by atoms with Gasteiger partial charge >= 0.3 is 0 Å². The van der Waals surface area contributed by atoms with E-state index in [0.29, 0.717) is 0 Å². The lowest BCUT2D eigenvalue weighted by Gasteiger charge is -2.05. The fourth-order valence-corrected chi connectivity index (χ4v) is 1.63. The minimum atomic E-state index is -0.480. The van der Waals surface area contributed by atoms with Crippen LogP contribution >= 0.6 is 11.3 Å². The molecule has 1 rings (SSSR count). The summed E-state index contributed by atoms with van der Waals surface area (Å²) in [6, 6.07) is -0.480. The molecule has 5 heteroatoms. The molecule has 1 aromatic rings. The van der Waals surface area contributed by atoms with Crippen molar-refractivity contribution in [1.82, 2.24) is 4.98 Å². The van der Waals surface area contributed by atoms with Crippen LogP contribution in [0.2, 0.25) is 0 Å². The molecule has 3 N–H and O–H groups in total. The van der Waals surface area contributed by atoms with Crippen LogP contribution in [0.25, 0.3) is 0 Å². The predicted octanol–water partition coefficient (Wildman–Crippen LogP) is 0.991. The zero-order valence-corrected chi connectivity index (χ0v) is 8.52. The molecule has 1 amide bonds. The van der Waals surface area contributed by atoms with E-state index >= 15 is 0 Å². The monoisotopic (exact) mass is 199 g/mol. The standard InChI is InChI=1S/C8H13N3OS/c1-3-6-8(13-4-10-6)11-7(12)5(2)9/h4-5H,3,9H2,1-2H3,(H,11,12). The molecule has 1 atom stereocenters. The highest BCUT2D eigenvalue weighted by atomic mass is 32.1. The lowest BCUT2D eigenvalue weighted by molar-refractivity contribution is -0.117. The van der Waals surface area contributed by atoms with Crippen molar-refractivity contribution in [1.29, 1.82) is 0 Å². The molecule has 0 bridgehead atoms. The summed E-state index contributed by atoms with van der Waals surface area (Å²) < 4.78 is 0. The van der Waals surface area contributed by atoms with Crippen molar-refractivity contribution in [3.05, 3.63) is 11.2 Å². The van der Waals surface area contributed by atoms with E-state index in [1.165, 1.54) is 11.3 Å². The molecule has 1 aromatic heterocycles. The molecule has 0 aliphatic heterocycles. The molecule has 1 unspecified atom stereocenters. The van der Waals surface area contributed by atoms with E-state index in [1.807, 2.05) is 6.92 Å². The molecule has 72 valence electrons. The average Bonchev–Trinajstić information content (AvgIpc) is 2.51. The molecule has 0 fully saturated rings. The van der Waals surface area contributed by atoms with E-state index in [9.17, 15) is 4.79 Å². The van der Waals surface area contributed by atoms with E-state index in [1.54, 1.807) is 12.4 Å². The van der Waals surface area contributed by atoms with Crippen LogP contribution in [-0.2, 0) is 11.2 Å². The maximum absolute atomic E-state index is 11.2. The average molecular weight is 199 g/mol. The van der Waals surface area contributed by atoms with Gasteiger partial charge in [0.05, 0.1) is 17.2 Å². The Kier molecular flexibility index (Phi) is 3.39. The van der Waals surface area contributed by atoms with Crippen LogP contribution in [0.4, 0.5) is 5.00 Å². The summed E-state index contributed by atoms with van der Waals surface area (Å²) in [6.07, 6.45) is 0.818. The van der Waals surface area contributed by atoms with Gasteiger partial charge in [0.2, 0.25) is 5.91 Å². The molecule has 0 radical (unpaired) electrons. The molecule has 1 heterocycles. The highest BCUT2D eigenvalue weighted by molar-refractivity contribution is 7.14. The second-order valence-electron chi connectivity index (χ2n) is 2.76. The van der Waals surface area contributed by atoms with Gasteiger partial charge in [-0.25, -0.2) is 4.98 Å². The van der Waals surface area contributed by atoms with E-state index in [-0.39, 0.29) is 5.91 Å². The van der Waals surface area contributed by atoms with E-state index < -0.39 is 6.04 Å². The quantitative estimate of drug-likeness (QED) is 0.762. The van der Waals surface area contributed by atoms with E-state index in [0.717, 1.165) is 17.1 Å². The first kappa shape index (κ1) is 10.1. The van der Waals surface area contributed by atoms with Gasteiger partial charge in [-0.1, -0.05) is 6.92 Å². The van der Waals surface area contributed by atoms with Crippen molar-refractivity contribution in [2.75, 3.05) is 5.32 Å². The van der Waals surface area contributed by atoms with Gasteiger partial charge in [-0.15, -0.1) is 11.3 Å². The first-order chi connectivity index (χ1) is 6.15. The molecule has 0 spiro atoms. The molecule has 4 nitrogen and oxygen atoms in total. The third-order valence-corrected chi connectivity index (χ3v) is 2.41. The number of nitrogens with zero attached hydrogens (tertiary/aromatic N) is 1. The molecule has 0 aromatic carbocycles. The second kappa shape index (κ2) is 4.34. The van der Waals surface area contributed by atoms with Gasteiger partial charge in [0.25, 0.3) is 0 Å². The Bertz CT molecular complexity index is 295. The summed E-state index contributed by atoms with van der Waals surface area (Å²) >= 11 is 1.42. The lowest BCUT2D eigenvalue weighted by Crippen LogP contribution is -2.32. The van der Waals surface area contributed by atoms with Crippen molar-refractivity contribution in [2.24, 2.45) is 5.73 Å². The highest BCUT2D eigenvalue weighted by Gasteiger charge is 2.11. The van der Waals surface area contributed by atoms with Gasteiger partial charge in [-0.3, -0.25) is 4.79 Å². The molecule has 13 heavy (non-hydrogen) atoms. The number of carbonyl (C=O) groups excluding carboxylic acids is 1. The molecule has 0 saturated carbocycles. The molecular weight excluding hydrogens is 186 g/mol. The predicted molar refractivity (Wildman–Crippen MR) is 53.8 cm³/mol.